The Bertz CT molecular complexity index is 523. The minimum atomic E-state index is -0.618. The lowest BCUT2D eigenvalue weighted by atomic mass is 10.1. The molecular weight excluding hydrogens is 207 g/mol. The summed E-state index contributed by atoms with van der Waals surface area (Å²) in [7, 11) is 0. The van der Waals surface area contributed by atoms with Crippen molar-refractivity contribution in [1.29, 1.82) is 0 Å². The largest absolute Gasteiger partial charge is 0.287 e. The monoisotopic (exact) mass is 216 g/mol. The summed E-state index contributed by atoms with van der Waals surface area (Å²) in [6.07, 6.45) is 2.81. The fourth-order valence-corrected chi connectivity index (χ4v) is 1.29. The first-order valence-electron chi connectivity index (χ1n) is 4.76. The van der Waals surface area contributed by atoms with Gasteiger partial charge in [0, 0.05) is 23.7 Å². The van der Waals surface area contributed by atoms with Crippen molar-refractivity contribution in [3.05, 3.63) is 59.4 Å². The van der Waals surface area contributed by atoms with Gasteiger partial charge in [0.15, 0.2) is 5.82 Å². The Kier molecular flexibility index (Phi) is 2.72. The minimum Gasteiger partial charge on any atom is -0.287 e. The standard InChI is InChI=1S/C12H9FN2O/c1-8-4-5-9(7-15-8)12(16)11-10(13)3-2-6-14-11/h2-7H,1H3. The van der Waals surface area contributed by atoms with Gasteiger partial charge >= 0.3 is 0 Å². The number of halogens is 1. The third-order valence-electron chi connectivity index (χ3n) is 2.15. The smallest absolute Gasteiger partial charge is 0.215 e. The Morgan fingerprint density at radius 2 is 2.06 bits per heavy atom. The first-order valence-corrected chi connectivity index (χ1v) is 4.76. The van der Waals surface area contributed by atoms with Crippen LogP contribution in [0.25, 0.3) is 0 Å². The molecule has 0 N–H and O–H groups in total. The molecule has 0 saturated carbocycles. The molecule has 16 heavy (non-hydrogen) atoms. The molecule has 2 aromatic rings. The van der Waals surface area contributed by atoms with E-state index in [1.54, 1.807) is 12.1 Å². The Labute approximate surface area is 92.0 Å². The van der Waals surface area contributed by atoms with Crippen molar-refractivity contribution in [2.45, 2.75) is 6.92 Å². The molecule has 0 radical (unpaired) electrons. The SMILES string of the molecule is Cc1ccc(C(=O)c2ncccc2F)cn1. The topological polar surface area (TPSA) is 42.9 Å². The maximum absolute atomic E-state index is 13.3. The molecule has 0 atom stereocenters. The first kappa shape index (κ1) is 10.4. The van der Waals surface area contributed by atoms with Crippen LogP contribution in [0.2, 0.25) is 0 Å². The Morgan fingerprint density at radius 3 is 2.69 bits per heavy atom. The maximum atomic E-state index is 13.3. The number of hydrogen-bond acceptors (Lipinski definition) is 3. The summed E-state index contributed by atoms with van der Waals surface area (Å²) in [6.45, 7) is 1.82. The molecule has 3 nitrogen and oxygen atoms in total. The zero-order chi connectivity index (χ0) is 11.5. The maximum Gasteiger partial charge on any atom is 0.215 e. The second kappa shape index (κ2) is 4.18. The van der Waals surface area contributed by atoms with E-state index in [-0.39, 0.29) is 5.69 Å². The van der Waals surface area contributed by atoms with Crippen molar-refractivity contribution in [1.82, 2.24) is 9.97 Å². The average molecular weight is 216 g/mol. The number of carbonyl (C=O) groups excluding carboxylic acids is 1. The summed E-state index contributed by atoms with van der Waals surface area (Å²) in [4.78, 5) is 19.5. The Hall–Kier alpha value is -2.10. The quantitative estimate of drug-likeness (QED) is 0.722. The molecule has 0 saturated heterocycles. The number of rotatable bonds is 2. The Morgan fingerprint density at radius 1 is 1.25 bits per heavy atom. The lowest BCUT2D eigenvalue weighted by molar-refractivity contribution is 0.103. The van der Waals surface area contributed by atoms with Gasteiger partial charge < -0.3 is 0 Å². The lowest BCUT2D eigenvalue weighted by Gasteiger charge is -2.01. The van der Waals surface area contributed by atoms with Crippen molar-refractivity contribution in [3.8, 4) is 0 Å². The zero-order valence-corrected chi connectivity index (χ0v) is 8.64. The molecule has 2 aromatic heterocycles. The van der Waals surface area contributed by atoms with Crippen LogP contribution < -0.4 is 0 Å². The first-order chi connectivity index (χ1) is 7.68. The van der Waals surface area contributed by atoms with Crippen LogP contribution >= 0.6 is 0 Å². The van der Waals surface area contributed by atoms with Crippen molar-refractivity contribution in [2.75, 3.05) is 0 Å². The van der Waals surface area contributed by atoms with E-state index in [4.69, 9.17) is 0 Å². The molecule has 0 aromatic carbocycles. The predicted octanol–water partition coefficient (Wildman–Crippen LogP) is 2.16. The van der Waals surface area contributed by atoms with Gasteiger partial charge in [-0.2, -0.15) is 0 Å². The normalized spacial score (nSPS) is 10.1. The number of hydrogen-bond donors (Lipinski definition) is 0. The number of pyridine rings is 2. The highest BCUT2D eigenvalue weighted by Gasteiger charge is 2.14. The van der Waals surface area contributed by atoms with Gasteiger partial charge in [-0.15, -0.1) is 0 Å². The summed E-state index contributed by atoms with van der Waals surface area (Å²) in [5.74, 6) is -1.07. The van der Waals surface area contributed by atoms with Gasteiger partial charge in [0.05, 0.1) is 0 Å². The number of ketones is 1. The number of nitrogens with zero attached hydrogens (tertiary/aromatic N) is 2. The van der Waals surface area contributed by atoms with Gasteiger partial charge in [-0.1, -0.05) is 0 Å². The van der Waals surface area contributed by atoms with E-state index in [2.05, 4.69) is 9.97 Å². The lowest BCUT2D eigenvalue weighted by Crippen LogP contribution is -2.07. The predicted molar refractivity (Wildman–Crippen MR) is 56.6 cm³/mol. The third-order valence-corrected chi connectivity index (χ3v) is 2.15. The summed E-state index contributed by atoms with van der Waals surface area (Å²) >= 11 is 0. The number of carbonyl (C=O) groups is 1. The van der Waals surface area contributed by atoms with Gasteiger partial charge in [-0.05, 0) is 31.2 Å². The van der Waals surface area contributed by atoms with Crippen LogP contribution in [-0.2, 0) is 0 Å². The molecule has 0 aliphatic rings. The van der Waals surface area contributed by atoms with Crippen LogP contribution in [-0.4, -0.2) is 15.8 Å². The van der Waals surface area contributed by atoms with Crippen LogP contribution in [0.5, 0.6) is 0 Å². The number of aromatic nitrogens is 2. The van der Waals surface area contributed by atoms with E-state index in [9.17, 15) is 9.18 Å². The molecule has 0 bridgehead atoms. The third kappa shape index (κ3) is 1.95. The molecule has 80 valence electrons. The van der Waals surface area contributed by atoms with Crippen LogP contribution in [0.15, 0.2) is 36.7 Å². The second-order valence-electron chi connectivity index (χ2n) is 3.35. The summed E-state index contributed by atoms with van der Waals surface area (Å²) in [6, 6.07) is 5.97. The van der Waals surface area contributed by atoms with Crippen molar-refractivity contribution >= 4 is 5.78 Å². The molecule has 2 rings (SSSR count). The second-order valence-corrected chi connectivity index (χ2v) is 3.35. The highest BCUT2D eigenvalue weighted by Crippen LogP contribution is 2.10. The fourth-order valence-electron chi connectivity index (χ4n) is 1.29. The van der Waals surface area contributed by atoms with Gasteiger partial charge in [0.2, 0.25) is 5.78 Å². The van der Waals surface area contributed by atoms with Crippen LogP contribution in [0.4, 0.5) is 4.39 Å². The average Bonchev–Trinajstić information content (AvgIpc) is 2.30. The summed E-state index contributed by atoms with van der Waals surface area (Å²) < 4.78 is 13.3. The van der Waals surface area contributed by atoms with E-state index in [1.807, 2.05) is 6.92 Å². The fraction of sp³-hybridized carbons (Fsp3) is 0.0833. The molecule has 0 amide bonds. The minimum absolute atomic E-state index is 0.173. The van der Waals surface area contributed by atoms with Crippen LogP contribution in [0, 0.1) is 12.7 Å². The van der Waals surface area contributed by atoms with Crippen molar-refractivity contribution < 1.29 is 9.18 Å². The summed E-state index contributed by atoms with van der Waals surface area (Å²) in [5, 5.41) is 0. The van der Waals surface area contributed by atoms with Gasteiger partial charge in [0.1, 0.15) is 5.69 Å². The molecule has 2 heterocycles. The molecule has 0 aliphatic carbocycles. The van der Waals surface area contributed by atoms with E-state index in [1.165, 1.54) is 24.5 Å². The number of aryl methyl sites for hydroxylation is 1. The Balaban J connectivity index is 2.40. The molecule has 0 fully saturated rings. The van der Waals surface area contributed by atoms with E-state index < -0.39 is 11.6 Å². The summed E-state index contributed by atoms with van der Waals surface area (Å²) in [5.41, 5.74) is 0.967. The van der Waals surface area contributed by atoms with Gasteiger partial charge in [0.25, 0.3) is 0 Å². The molecular formula is C12H9FN2O. The molecule has 0 spiro atoms. The van der Waals surface area contributed by atoms with E-state index >= 15 is 0 Å². The van der Waals surface area contributed by atoms with Crippen molar-refractivity contribution in [2.24, 2.45) is 0 Å². The van der Waals surface area contributed by atoms with Crippen LogP contribution in [0.1, 0.15) is 21.7 Å². The van der Waals surface area contributed by atoms with Crippen molar-refractivity contribution in [3.63, 3.8) is 0 Å². The van der Waals surface area contributed by atoms with E-state index in [0.29, 0.717) is 5.56 Å². The molecule has 0 unspecified atom stereocenters. The van der Waals surface area contributed by atoms with Gasteiger partial charge in [-0.25, -0.2) is 9.37 Å². The highest BCUT2D eigenvalue weighted by molar-refractivity contribution is 6.07. The van der Waals surface area contributed by atoms with Gasteiger partial charge in [-0.3, -0.25) is 9.78 Å². The molecule has 4 heteroatoms. The highest BCUT2D eigenvalue weighted by atomic mass is 19.1. The van der Waals surface area contributed by atoms with E-state index in [0.717, 1.165) is 5.69 Å². The zero-order valence-electron chi connectivity index (χ0n) is 8.64. The van der Waals surface area contributed by atoms with Crippen LogP contribution in [0.3, 0.4) is 0 Å². The molecule has 0 aliphatic heterocycles.